The van der Waals surface area contributed by atoms with Crippen molar-refractivity contribution in [1.29, 1.82) is 0 Å². The highest BCUT2D eigenvalue weighted by Crippen LogP contribution is 2.37. The first-order valence-corrected chi connectivity index (χ1v) is 9.68. The van der Waals surface area contributed by atoms with Crippen molar-refractivity contribution < 1.29 is 18.3 Å². The van der Waals surface area contributed by atoms with Gasteiger partial charge in [0.25, 0.3) is 10.0 Å². The Bertz CT molecular complexity index is 933. The number of benzene rings is 2. The lowest BCUT2D eigenvalue weighted by Crippen LogP contribution is -2.43. The smallest absolute Gasteiger partial charge is 0.327 e. The van der Waals surface area contributed by atoms with Crippen LogP contribution < -0.4 is 4.31 Å². The average Bonchev–Trinajstić information content (AvgIpc) is 2.52. The van der Waals surface area contributed by atoms with E-state index >= 15 is 0 Å². The van der Waals surface area contributed by atoms with Crippen LogP contribution in [0.25, 0.3) is 0 Å². The summed E-state index contributed by atoms with van der Waals surface area (Å²) in [5.74, 6) is -1.38. The molecule has 0 saturated heterocycles. The van der Waals surface area contributed by atoms with Gasteiger partial charge in [0.1, 0.15) is 10.9 Å². The summed E-state index contributed by atoms with van der Waals surface area (Å²) in [6.45, 7) is 1.20. The molecule has 0 radical (unpaired) electrons. The SMILES string of the molecule is CC(C(=O)O)N(c1cc(Cl)ccc1Cl)S(=O)(=O)c1cc(Cl)ccc1Cl. The number of hydrogen-bond donors (Lipinski definition) is 1. The molecule has 0 aliphatic heterocycles. The number of carboxylic acids is 1. The fourth-order valence-electron chi connectivity index (χ4n) is 2.08. The minimum absolute atomic E-state index is 0.0132. The van der Waals surface area contributed by atoms with Crippen LogP contribution in [-0.4, -0.2) is 25.5 Å². The zero-order chi connectivity index (χ0) is 18.9. The van der Waals surface area contributed by atoms with Gasteiger partial charge in [-0.2, -0.15) is 0 Å². The van der Waals surface area contributed by atoms with Crippen molar-refractivity contribution in [2.75, 3.05) is 4.31 Å². The van der Waals surface area contributed by atoms with E-state index in [1.165, 1.54) is 37.3 Å². The quantitative estimate of drug-likeness (QED) is 0.709. The Balaban J connectivity index is 2.77. The van der Waals surface area contributed by atoms with E-state index in [1.54, 1.807) is 0 Å². The molecule has 0 fully saturated rings. The topological polar surface area (TPSA) is 74.7 Å². The van der Waals surface area contributed by atoms with Gasteiger partial charge in [-0.1, -0.05) is 46.4 Å². The molecule has 10 heteroatoms. The number of rotatable bonds is 5. The Morgan fingerprint density at radius 1 is 1.00 bits per heavy atom. The molecule has 0 heterocycles. The third-order valence-corrected chi connectivity index (χ3v) is 6.44. The van der Waals surface area contributed by atoms with Crippen molar-refractivity contribution in [2.45, 2.75) is 17.9 Å². The van der Waals surface area contributed by atoms with Crippen LogP contribution in [0.4, 0.5) is 5.69 Å². The number of carbonyl (C=O) groups is 1. The van der Waals surface area contributed by atoms with E-state index < -0.39 is 22.0 Å². The number of carboxylic acid groups (broad SMARTS) is 1. The second-order valence-electron chi connectivity index (χ2n) is 4.99. The van der Waals surface area contributed by atoms with Gasteiger partial charge in [0.2, 0.25) is 0 Å². The molecule has 2 aromatic carbocycles. The summed E-state index contributed by atoms with van der Waals surface area (Å²) in [7, 11) is -4.40. The lowest BCUT2D eigenvalue weighted by atomic mass is 10.2. The summed E-state index contributed by atoms with van der Waals surface area (Å²) >= 11 is 23.9. The van der Waals surface area contributed by atoms with Gasteiger partial charge in [-0.15, -0.1) is 0 Å². The Morgan fingerprint density at radius 3 is 2.08 bits per heavy atom. The first-order chi connectivity index (χ1) is 11.6. The molecule has 134 valence electrons. The maximum atomic E-state index is 13.1. The zero-order valence-corrected chi connectivity index (χ0v) is 16.4. The average molecular weight is 443 g/mol. The predicted molar refractivity (Wildman–Crippen MR) is 99.7 cm³/mol. The summed E-state index contributed by atoms with van der Waals surface area (Å²) in [5, 5.41) is 9.59. The lowest BCUT2D eigenvalue weighted by molar-refractivity contribution is -0.137. The third kappa shape index (κ3) is 4.15. The number of aliphatic carboxylic acids is 1. The molecule has 0 amide bonds. The van der Waals surface area contributed by atoms with Crippen molar-refractivity contribution >= 4 is 68.1 Å². The minimum Gasteiger partial charge on any atom is -0.480 e. The summed E-state index contributed by atoms with van der Waals surface area (Å²) in [6, 6.07) is 6.47. The normalized spacial score (nSPS) is 12.7. The summed E-state index contributed by atoms with van der Waals surface area (Å²) in [4.78, 5) is 11.2. The van der Waals surface area contributed by atoms with Gasteiger partial charge in [0.15, 0.2) is 0 Å². The van der Waals surface area contributed by atoms with Crippen LogP contribution in [0.5, 0.6) is 0 Å². The van der Waals surface area contributed by atoms with Gasteiger partial charge in [-0.05, 0) is 43.3 Å². The van der Waals surface area contributed by atoms with Crippen molar-refractivity contribution in [2.24, 2.45) is 0 Å². The maximum absolute atomic E-state index is 13.1. The molecule has 1 atom stereocenters. The number of hydrogen-bond acceptors (Lipinski definition) is 3. The van der Waals surface area contributed by atoms with E-state index in [2.05, 4.69) is 0 Å². The van der Waals surface area contributed by atoms with Crippen molar-refractivity contribution in [3.05, 3.63) is 56.5 Å². The molecule has 1 N–H and O–H groups in total. The second kappa shape index (κ2) is 7.60. The van der Waals surface area contributed by atoms with Gasteiger partial charge in [0, 0.05) is 10.0 Å². The fourth-order valence-corrected chi connectivity index (χ4v) is 4.87. The first kappa shape index (κ1) is 20.1. The highest BCUT2D eigenvalue weighted by atomic mass is 35.5. The molecule has 0 spiro atoms. The largest absolute Gasteiger partial charge is 0.480 e. The van der Waals surface area contributed by atoms with E-state index in [0.29, 0.717) is 4.31 Å². The van der Waals surface area contributed by atoms with E-state index in [0.717, 1.165) is 6.07 Å². The van der Waals surface area contributed by atoms with Crippen molar-refractivity contribution in [3.8, 4) is 0 Å². The summed E-state index contributed by atoms with van der Waals surface area (Å²) in [6.07, 6.45) is 0. The standard InChI is InChI=1S/C15H11Cl4NO4S/c1-8(15(21)22)20(13-6-9(16)2-4-11(13)18)25(23,24)14-7-10(17)3-5-12(14)19/h2-8H,1H3,(H,21,22). The molecule has 5 nitrogen and oxygen atoms in total. The Labute approximate surface area is 164 Å². The van der Waals surface area contributed by atoms with Crippen molar-refractivity contribution in [3.63, 3.8) is 0 Å². The molecule has 0 aliphatic rings. The Hall–Kier alpha value is -1.18. The molecule has 2 aromatic rings. The van der Waals surface area contributed by atoms with Gasteiger partial charge in [-0.25, -0.2) is 13.2 Å². The van der Waals surface area contributed by atoms with E-state index in [1.807, 2.05) is 0 Å². The van der Waals surface area contributed by atoms with Crippen molar-refractivity contribution in [1.82, 2.24) is 0 Å². The van der Waals surface area contributed by atoms with E-state index in [-0.39, 0.29) is 30.7 Å². The van der Waals surface area contributed by atoms with Crippen LogP contribution in [0.1, 0.15) is 6.92 Å². The van der Waals surface area contributed by atoms with Crippen LogP contribution in [0, 0.1) is 0 Å². The Morgan fingerprint density at radius 2 is 1.52 bits per heavy atom. The van der Waals surface area contributed by atoms with Gasteiger partial charge >= 0.3 is 5.97 Å². The number of anilines is 1. The molecular formula is C15H11Cl4NO4S. The van der Waals surface area contributed by atoms with E-state index in [9.17, 15) is 18.3 Å². The molecule has 2 rings (SSSR count). The van der Waals surface area contributed by atoms with Crippen LogP contribution in [0.3, 0.4) is 0 Å². The van der Waals surface area contributed by atoms with Gasteiger partial charge in [-0.3, -0.25) is 4.31 Å². The molecule has 1 unspecified atom stereocenters. The minimum atomic E-state index is -4.40. The van der Waals surface area contributed by atoms with Crippen LogP contribution in [0.15, 0.2) is 41.3 Å². The summed E-state index contributed by atoms with van der Waals surface area (Å²) in [5.41, 5.74) is -0.0832. The summed E-state index contributed by atoms with van der Waals surface area (Å²) < 4.78 is 26.9. The molecule has 25 heavy (non-hydrogen) atoms. The number of nitrogens with zero attached hydrogens (tertiary/aromatic N) is 1. The molecule has 0 aliphatic carbocycles. The lowest BCUT2D eigenvalue weighted by Gasteiger charge is -2.29. The van der Waals surface area contributed by atoms with Gasteiger partial charge in [0.05, 0.1) is 15.7 Å². The molecule has 0 saturated carbocycles. The highest BCUT2D eigenvalue weighted by molar-refractivity contribution is 7.93. The predicted octanol–water partition coefficient (Wildman–Crippen LogP) is 4.97. The molecule has 0 aromatic heterocycles. The molecular weight excluding hydrogens is 432 g/mol. The fraction of sp³-hybridized carbons (Fsp3) is 0.133. The first-order valence-electron chi connectivity index (χ1n) is 6.73. The molecule has 0 bridgehead atoms. The van der Waals surface area contributed by atoms with Crippen LogP contribution >= 0.6 is 46.4 Å². The maximum Gasteiger partial charge on any atom is 0.327 e. The van der Waals surface area contributed by atoms with Crippen LogP contribution in [-0.2, 0) is 14.8 Å². The highest BCUT2D eigenvalue weighted by Gasteiger charge is 2.36. The Kier molecular flexibility index (Phi) is 6.12. The van der Waals surface area contributed by atoms with Gasteiger partial charge < -0.3 is 5.11 Å². The second-order valence-corrected chi connectivity index (χ2v) is 8.46. The number of halogens is 4. The third-order valence-electron chi connectivity index (χ3n) is 3.28. The monoisotopic (exact) mass is 441 g/mol. The van der Waals surface area contributed by atoms with Crippen LogP contribution in [0.2, 0.25) is 20.1 Å². The zero-order valence-electron chi connectivity index (χ0n) is 12.6. The number of sulfonamides is 1. The van der Waals surface area contributed by atoms with E-state index in [4.69, 9.17) is 46.4 Å².